The minimum Gasteiger partial charge on any atom is -0.392 e. The van der Waals surface area contributed by atoms with Crippen LogP contribution in [0.25, 0.3) is 0 Å². The molecule has 80 valence electrons. The van der Waals surface area contributed by atoms with Gasteiger partial charge in [-0.3, -0.25) is 4.79 Å². The topological polar surface area (TPSA) is 61.4 Å². The highest BCUT2D eigenvalue weighted by molar-refractivity contribution is 5.82. The molecule has 4 atom stereocenters. The molecule has 2 aliphatic rings. The summed E-state index contributed by atoms with van der Waals surface area (Å²) in [5.41, 5.74) is 0. The zero-order chi connectivity index (χ0) is 10.1. The Hall–Kier alpha value is -0.610. The Labute approximate surface area is 84.1 Å². The predicted molar refractivity (Wildman–Crippen MR) is 52.7 cm³/mol. The van der Waals surface area contributed by atoms with Crippen molar-refractivity contribution in [2.75, 3.05) is 6.54 Å². The number of amides is 1. The fourth-order valence-corrected chi connectivity index (χ4v) is 2.08. The third-order valence-electron chi connectivity index (χ3n) is 3.20. The van der Waals surface area contributed by atoms with Gasteiger partial charge >= 0.3 is 0 Å². The van der Waals surface area contributed by atoms with Gasteiger partial charge in [0.25, 0.3) is 0 Å². The summed E-state index contributed by atoms with van der Waals surface area (Å²) in [7, 11) is 0. The lowest BCUT2D eigenvalue weighted by atomic mass is 10.2. The number of carbonyl (C=O) groups is 1. The smallest absolute Gasteiger partial charge is 0.237 e. The molecule has 1 heterocycles. The van der Waals surface area contributed by atoms with E-state index in [1.807, 2.05) is 0 Å². The molecule has 3 N–H and O–H groups in total. The second-order valence-electron chi connectivity index (χ2n) is 4.37. The van der Waals surface area contributed by atoms with Crippen LogP contribution in [0.3, 0.4) is 0 Å². The molecular weight excluding hydrogens is 180 g/mol. The number of carbonyl (C=O) groups excluding carboxylic acids is 1. The van der Waals surface area contributed by atoms with E-state index in [4.69, 9.17) is 0 Å². The Bertz CT molecular complexity index is 232. The van der Waals surface area contributed by atoms with Gasteiger partial charge in [-0.05, 0) is 18.8 Å². The molecular formula is C10H18N2O2. The Morgan fingerprint density at radius 3 is 2.86 bits per heavy atom. The third-order valence-corrected chi connectivity index (χ3v) is 3.20. The van der Waals surface area contributed by atoms with Crippen molar-refractivity contribution in [3.8, 4) is 0 Å². The molecule has 2 rings (SSSR count). The number of rotatable bonds is 3. The van der Waals surface area contributed by atoms with E-state index >= 15 is 0 Å². The minimum absolute atomic E-state index is 0.0579. The van der Waals surface area contributed by atoms with E-state index in [9.17, 15) is 9.90 Å². The highest BCUT2D eigenvalue weighted by Crippen LogP contribution is 2.33. The maximum Gasteiger partial charge on any atom is 0.237 e. The molecule has 4 nitrogen and oxygen atoms in total. The molecule has 0 spiro atoms. The van der Waals surface area contributed by atoms with Crippen molar-refractivity contribution >= 4 is 5.91 Å². The normalized spacial score (nSPS) is 41.0. The van der Waals surface area contributed by atoms with E-state index in [1.165, 1.54) is 0 Å². The van der Waals surface area contributed by atoms with Gasteiger partial charge in [0.2, 0.25) is 5.91 Å². The lowest BCUT2D eigenvalue weighted by Gasteiger charge is -2.10. The van der Waals surface area contributed by atoms with Gasteiger partial charge in [0.15, 0.2) is 0 Å². The first-order chi connectivity index (χ1) is 6.70. The summed E-state index contributed by atoms with van der Waals surface area (Å²) >= 11 is 0. The van der Waals surface area contributed by atoms with Gasteiger partial charge in [0, 0.05) is 12.6 Å². The first-order valence-corrected chi connectivity index (χ1v) is 5.42. The van der Waals surface area contributed by atoms with Crippen LogP contribution in [0.5, 0.6) is 0 Å². The first kappa shape index (κ1) is 9.93. The molecule has 0 aromatic rings. The summed E-state index contributed by atoms with van der Waals surface area (Å²) in [6.45, 7) is 2.69. The van der Waals surface area contributed by atoms with Crippen LogP contribution in [0.2, 0.25) is 0 Å². The number of hydrogen-bond donors (Lipinski definition) is 3. The Morgan fingerprint density at radius 1 is 1.57 bits per heavy atom. The van der Waals surface area contributed by atoms with Crippen LogP contribution in [-0.2, 0) is 4.79 Å². The molecule has 0 aromatic heterocycles. The van der Waals surface area contributed by atoms with Crippen molar-refractivity contribution in [1.29, 1.82) is 0 Å². The SMILES string of the molecule is CCC1CC1NC(=O)C1CC(O)CN1. The lowest BCUT2D eigenvalue weighted by Crippen LogP contribution is -2.41. The van der Waals surface area contributed by atoms with Gasteiger partial charge in [0.05, 0.1) is 12.1 Å². The maximum atomic E-state index is 11.6. The molecule has 4 unspecified atom stereocenters. The van der Waals surface area contributed by atoms with E-state index in [1.54, 1.807) is 0 Å². The summed E-state index contributed by atoms with van der Waals surface area (Å²) < 4.78 is 0. The van der Waals surface area contributed by atoms with E-state index < -0.39 is 0 Å². The summed E-state index contributed by atoms with van der Waals surface area (Å²) in [5, 5.41) is 15.3. The van der Waals surface area contributed by atoms with Crippen LogP contribution in [0.1, 0.15) is 26.2 Å². The second-order valence-corrected chi connectivity index (χ2v) is 4.37. The fourth-order valence-electron chi connectivity index (χ4n) is 2.08. The molecule has 2 fully saturated rings. The molecule has 1 aliphatic carbocycles. The Kier molecular flexibility index (Phi) is 2.74. The van der Waals surface area contributed by atoms with Crippen LogP contribution >= 0.6 is 0 Å². The van der Waals surface area contributed by atoms with Gasteiger partial charge in [-0.1, -0.05) is 13.3 Å². The number of aliphatic hydroxyl groups excluding tert-OH is 1. The van der Waals surface area contributed by atoms with Crippen molar-refractivity contribution in [1.82, 2.24) is 10.6 Å². The van der Waals surface area contributed by atoms with Crippen molar-refractivity contribution in [3.63, 3.8) is 0 Å². The Balaban J connectivity index is 1.74. The summed E-state index contributed by atoms with van der Waals surface area (Å²) in [6, 6.07) is 0.218. The van der Waals surface area contributed by atoms with Crippen LogP contribution < -0.4 is 10.6 Å². The van der Waals surface area contributed by atoms with E-state index in [-0.39, 0.29) is 18.1 Å². The standard InChI is InChI=1S/C10H18N2O2/c1-2-6-3-8(6)12-10(14)9-4-7(13)5-11-9/h6-9,11,13H,2-5H2,1H3,(H,12,14). The molecule has 1 amide bonds. The van der Waals surface area contributed by atoms with Crippen LogP contribution in [0, 0.1) is 5.92 Å². The quantitative estimate of drug-likeness (QED) is 0.579. The molecule has 0 radical (unpaired) electrons. The molecule has 0 aromatic carbocycles. The van der Waals surface area contributed by atoms with Crippen molar-refractivity contribution < 1.29 is 9.90 Å². The van der Waals surface area contributed by atoms with Gasteiger partial charge in [-0.2, -0.15) is 0 Å². The molecule has 14 heavy (non-hydrogen) atoms. The highest BCUT2D eigenvalue weighted by Gasteiger charge is 2.38. The average molecular weight is 198 g/mol. The van der Waals surface area contributed by atoms with Crippen molar-refractivity contribution in [2.45, 2.75) is 44.4 Å². The molecule has 1 aliphatic heterocycles. The second kappa shape index (κ2) is 3.87. The van der Waals surface area contributed by atoms with Crippen molar-refractivity contribution in [2.24, 2.45) is 5.92 Å². The summed E-state index contributed by atoms with van der Waals surface area (Å²) in [5.74, 6) is 0.743. The number of aliphatic hydroxyl groups is 1. The number of β-amino-alcohol motifs (C(OH)–C–C–N with tert-alkyl or cyclic N) is 1. The van der Waals surface area contributed by atoms with Gasteiger partial charge in [-0.25, -0.2) is 0 Å². The van der Waals surface area contributed by atoms with Crippen molar-refractivity contribution in [3.05, 3.63) is 0 Å². The molecule has 4 heteroatoms. The minimum atomic E-state index is -0.355. The first-order valence-electron chi connectivity index (χ1n) is 5.42. The number of nitrogens with one attached hydrogen (secondary N) is 2. The zero-order valence-corrected chi connectivity index (χ0v) is 8.49. The Morgan fingerprint density at radius 2 is 2.36 bits per heavy atom. The predicted octanol–water partition coefficient (Wildman–Crippen LogP) is -0.376. The van der Waals surface area contributed by atoms with E-state index in [2.05, 4.69) is 17.6 Å². The van der Waals surface area contributed by atoms with Crippen LogP contribution in [0.15, 0.2) is 0 Å². The summed E-state index contributed by atoms with van der Waals surface area (Å²) in [4.78, 5) is 11.6. The average Bonchev–Trinajstić information content (AvgIpc) is 2.77. The summed E-state index contributed by atoms with van der Waals surface area (Å²) in [6.07, 6.45) is 2.46. The maximum absolute atomic E-state index is 11.6. The van der Waals surface area contributed by atoms with Gasteiger partial charge < -0.3 is 15.7 Å². The monoisotopic (exact) mass is 198 g/mol. The molecule has 0 bridgehead atoms. The van der Waals surface area contributed by atoms with Gasteiger partial charge in [0.1, 0.15) is 0 Å². The molecule has 1 saturated carbocycles. The lowest BCUT2D eigenvalue weighted by molar-refractivity contribution is -0.123. The van der Waals surface area contributed by atoms with E-state index in [0.717, 1.165) is 12.8 Å². The van der Waals surface area contributed by atoms with Crippen LogP contribution in [-0.4, -0.2) is 35.7 Å². The fraction of sp³-hybridized carbons (Fsp3) is 0.900. The third kappa shape index (κ3) is 2.07. The van der Waals surface area contributed by atoms with E-state index in [0.29, 0.717) is 24.9 Å². The number of hydrogen-bond acceptors (Lipinski definition) is 3. The zero-order valence-electron chi connectivity index (χ0n) is 8.49. The van der Waals surface area contributed by atoms with Crippen LogP contribution in [0.4, 0.5) is 0 Å². The highest BCUT2D eigenvalue weighted by atomic mass is 16.3. The molecule has 1 saturated heterocycles. The van der Waals surface area contributed by atoms with Gasteiger partial charge in [-0.15, -0.1) is 0 Å². The largest absolute Gasteiger partial charge is 0.392 e.